The highest BCUT2D eigenvalue weighted by Gasteiger charge is 2.14. The average molecular weight is 287 g/mol. The fourth-order valence-corrected chi connectivity index (χ4v) is 2.25. The first-order valence-electron chi connectivity index (χ1n) is 4.82. The molecule has 0 radical (unpaired) electrons. The number of halogens is 1. The van der Waals surface area contributed by atoms with E-state index in [0.29, 0.717) is 0 Å². The van der Waals surface area contributed by atoms with Crippen molar-refractivity contribution in [2.24, 2.45) is 0 Å². The normalized spacial score (nSPS) is 18.8. The van der Waals surface area contributed by atoms with E-state index < -0.39 is 0 Å². The van der Waals surface area contributed by atoms with Crippen molar-refractivity contribution in [1.29, 1.82) is 0 Å². The summed E-state index contributed by atoms with van der Waals surface area (Å²) < 4.78 is 1.33. The van der Waals surface area contributed by atoms with Gasteiger partial charge in [-0.25, -0.2) is 0 Å². The molecule has 0 bridgehead atoms. The second-order valence-electron chi connectivity index (χ2n) is 3.58. The van der Waals surface area contributed by atoms with Gasteiger partial charge < -0.3 is 5.32 Å². The monoisotopic (exact) mass is 287 g/mol. The number of rotatable bonds is 1. The summed E-state index contributed by atoms with van der Waals surface area (Å²) >= 11 is 2.35. The third-order valence-corrected chi connectivity index (χ3v) is 3.40. The molecule has 1 N–H and O–H groups in total. The van der Waals surface area contributed by atoms with Crippen LogP contribution in [0.2, 0.25) is 0 Å². The predicted octanol–water partition coefficient (Wildman–Crippen LogP) is 2.76. The Morgan fingerprint density at radius 2 is 1.69 bits per heavy atom. The SMILES string of the molecule is Ic1ccc(C2CCNCC2)cc1. The van der Waals surface area contributed by atoms with Crippen molar-refractivity contribution in [3.8, 4) is 0 Å². The van der Waals surface area contributed by atoms with E-state index in [-0.39, 0.29) is 0 Å². The fourth-order valence-electron chi connectivity index (χ4n) is 1.89. The van der Waals surface area contributed by atoms with E-state index in [4.69, 9.17) is 0 Å². The van der Waals surface area contributed by atoms with Gasteiger partial charge in [0.25, 0.3) is 0 Å². The molecule has 0 spiro atoms. The maximum atomic E-state index is 3.39. The molecule has 1 aliphatic rings. The van der Waals surface area contributed by atoms with Crippen LogP contribution in [0.1, 0.15) is 24.3 Å². The van der Waals surface area contributed by atoms with Crippen LogP contribution in [0.5, 0.6) is 0 Å². The topological polar surface area (TPSA) is 12.0 Å². The largest absolute Gasteiger partial charge is 0.317 e. The van der Waals surface area contributed by atoms with Gasteiger partial charge in [-0.1, -0.05) is 12.1 Å². The summed E-state index contributed by atoms with van der Waals surface area (Å²) in [5.74, 6) is 0.790. The van der Waals surface area contributed by atoms with E-state index in [1.165, 1.54) is 35.1 Å². The Morgan fingerprint density at radius 3 is 2.31 bits per heavy atom. The van der Waals surface area contributed by atoms with Crippen molar-refractivity contribution in [2.45, 2.75) is 18.8 Å². The Kier molecular flexibility index (Phi) is 3.22. The standard InChI is InChI=1S/C11H14IN/c12-11-3-1-9(2-4-11)10-5-7-13-8-6-10/h1-4,10,13H,5-8H2. The molecule has 0 unspecified atom stereocenters. The number of hydrogen-bond donors (Lipinski definition) is 1. The number of piperidine rings is 1. The van der Waals surface area contributed by atoms with Crippen molar-refractivity contribution in [3.63, 3.8) is 0 Å². The van der Waals surface area contributed by atoms with E-state index >= 15 is 0 Å². The summed E-state index contributed by atoms with van der Waals surface area (Å²) in [7, 11) is 0. The fraction of sp³-hybridized carbons (Fsp3) is 0.455. The van der Waals surface area contributed by atoms with Gasteiger partial charge in [-0.2, -0.15) is 0 Å². The van der Waals surface area contributed by atoms with E-state index in [1.54, 1.807) is 0 Å². The maximum absolute atomic E-state index is 3.39. The molecule has 0 atom stereocenters. The summed E-state index contributed by atoms with van der Waals surface area (Å²) in [6.07, 6.45) is 2.58. The first-order chi connectivity index (χ1) is 6.36. The van der Waals surface area contributed by atoms with Gasteiger partial charge in [-0.15, -0.1) is 0 Å². The van der Waals surface area contributed by atoms with Crippen LogP contribution < -0.4 is 5.32 Å². The molecule has 0 saturated carbocycles. The lowest BCUT2D eigenvalue weighted by atomic mass is 9.90. The van der Waals surface area contributed by atoms with Gasteiger partial charge in [-0.05, 0) is 72.1 Å². The van der Waals surface area contributed by atoms with Crippen LogP contribution in [0.15, 0.2) is 24.3 Å². The highest BCUT2D eigenvalue weighted by molar-refractivity contribution is 14.1. The molecule has 0 aromatic heterocycles. The Morgan fingerprint density at radius 1 is 1.08 bits per heavy atom. The van der Waals surface area contributed by atoms with Gasteiger partial charge in [0.05, 0.1) is 0 Å². The van der Waals surface area contributed by atoms with Crippen molar-refractivity contribution >= 4 is 22.6 Å². The van der Waals surface area contributed by atoms with Crippen molar-refractivity contribution in [3.05, 3.63) is 33.4 Å². The van der Waals surface area contributed by atoms with E-state index in [1.807, 2.05) is 0 Å². The van der Waals surface area contributed by atoms with Crippen LogP contribution in [-0.2, 0) is 0 Å². The molecule has 1 saturated heterocycles. The third kappa shape index (κ3) is 2.44. The lowest BCUT2D eigenvalue weighted by Gasteiger charge is -2.22. The molecule has 1 nitrogen and oxygen atoms in total. The number of benzene rings is 1. The highest BCUT2D eigenvalue weighted by atomic mass is 127. The molecule has 0 aliphatic carbocycles. The summed E-state index contributed by atoms with van der Waals surface area (Å²) in [6.45, 7) is 2.35. The van der Waals surface area contributed by atoms with Gasteiger partial charge >= 0.3 is 0 Å². The van der Waals surface area contributed by atoms with Crippen LogP contribution >= 0.6 is 22.6 Å². The van der Waals surface area contributed by atoms with Gasteiger partial charge in [0.15, 0.2) is 0 Å². The highest BCUT2D eigenvalue weighted by Crippen LogP contribution is 2.25. The van der Waals surface area contributed by atoms with Crippen LogP contribution in [0.3, 0.4) is 0 Å². The van der Waals surface area contributed by atoms with E-state index in [2.05, 4.69) is 52.2 Å². The summed E-state index contributed by atoms with van der Waals surface area (Å²) in [5.41, 5.74) is 1.52. The van der Waals surface area contributed by atoms with E-state index in [0.717, 1.165) is 5.92 Å². The lowest BCUT2D eigenvalue weighted by molar-refractivity contribution is 0.460. The van der Waals surface area contributed by atoms with Crippen LogP contribution in [0, 0.1) is 3.57 Å². The summed E-state index contributed by atoms with van der Waals surface area (Å²) in [5, 5.41) is 3.39. The van der Waals surface area contributed by atoms with Crippen molar-refractivity contribution in [1.82, 2.24) is 5.32 Å². The molecular weight excluding hydrogens is 273 g/mol. The minimum Gasteiger partial charge on any atom is -0.317 e. The number of hydrogen-bond acceptors (Lipinski definition) is 1. The van der Waals surface area contributed by atoms with Gasteiger partial charge in [-0.3, -0.25) is 0 Å². The van der Waals surface area contributed by atoms with E-state index in [9.17, 15) is 0 Å². The zero-order chi connectivity index (χ0) is 9.10. The average Bonchev–Trinajstić information content (AvgIpc) is 2.20. The summed E-state index contributed by atoms with van der Waals surface area (Å²) in [4.78, 5) is 0. The molecule has 1 fully saturated rings. The van der Waals surface area contributed by atoms with Gasteiger partial charge in [0.1, 0.15) is 0 Å². The molecule has 2 heteroatoms. The molecule has 2 rings (SSSR count). The van der Waals surface area contributed by atoms with Gasteiger partial charge in [0, 0.05) is 3.57 Å². The first kappa shape index (κ1) is 9.46. The van der Waals surface area contributed by atoms with Crippen LogP contribution in [0.25, 0.3) is 0 Å². The Balaban J connectivity index is 2.10. The van der Waals surface area contributed by atoms with Gasteiger partial charge in [0.2, 0.25) is 0 Å². The predicted molar refractivity (Wildman–Crippen MR) is 64.0 cm³/mol. The number of nitrogens with one attached hydrogen (secondary N) is 1. The molecule has 0 amide bonds. The molecule has 70 valence electrons. The van der Waals surface area contributed by atoms with Crippen molar-refractivity contribution < 1.29 is 0 Å². The molecule has 1 aromatic rings. The minimum absolute atomic E-state index is 0.790. The minimum atomic E-state index is 0.790. The van der Waals surface area contributed by atoms with Crippen LogP contribution in [-0.4, -0.2) is 13.1 Å². The summed E-state index contributed by atoms with van der Waals surface area (Å²) in [6, 6.07) is 8.96. The van der Waals surface area contributed by atoms with Crippen LogP contribution in [0.4, 0.5) is 0 Å². The molecule has 1 heterocycles. The Bertz CT molecular complexity index is 262. The zero-order valence-corrected chi connectivity index (χ0v) is 9.75. The first-order valence-corrected chi connectivity index (χ1v) is 5.90. The Labute approximate surface area is 93.1 Å². The molecular formula is C11H14IN. The molecule has 1 aromatic carbocycles. The second-order valence-corrected chi connectivity index (χ2v) is 4.82. The quantitative estimate of drug-likeness (QED) is 0.783. The third-order valence-electron chi connectivity index (χ3n) is 2.68. The Hall–Kier alpha value is -0.0900. The zero-order valence-electron chi connectivity index (χ0n) is 7.59. The van der Waals surface area contributed by atoms with Crippen molar-refractivity contribution in [2.75, 3.05) is 13.1 Å². The lowest BCUT2D eigenvalue weighted by Crippen LogP contribution is -2.26. The maximum Gasteiger partial charge on any atom is 0.0130 e. The second kappa shape index (κ2) is 4.42. The molecule has 1 aliphatic heterocycles. The molecule has 13 heavy (non-hydrogen) atoms. The smallest absolute Gasteiger partial charge is 0.0130 e.